The topological polar surface area (TPSA) is 117 Å². The Morgan fingerprint density at radius 3 is 2.68 bits per heavy atom. The van der Waals surface area contributed by atoms with Crippen LogP contribution in [0.3, 0.4) is 0 Å². The molecule has 0 aliphatic heterocycles. The van der Waals surface area contributed by atoms with E-state index in [0.717, 1.165) is 17.8 Å². The lowest BCUT2D eigenvalue weighted by atomic mass is 10.2. The van der Waals surface area contributed by atoms with E-state index < -0.39 is 22.4 Å². The van der Waals surface area contributed by atoms with Gasteiger partial charge >= 0.3 is 11.7 Å². The number of fused-ring (bicyclic) bond motifs is 1. The summed E-state index contributed by atoms with van der Waals surface area (Å²) in [4.78, 5) is 36.9. The molecule has 0 aromatic carbocycles. The van der Waals surface area contributed by atoms with Crippen molar-refractivity contribution in [2.24, 2.45) is 0 Å². The first-order valence-electron chi connectivity index (χ1n) is 5.08. The summed E-state index contributed by atoms with van der Waals surface area (Å²) in [5.41, 5.74) is -0.756. The molecule has 0 radical (unpaired) electrons. The number of rotatable bonds is 3. The third kappa shape index (κ3) is 2.01. The van der Waals surface area contributed by atoms with Gasteiger partial charge in [-0.15, -0.1) is 0 Å². The molecule has 9 nitrogen and oxygen atoms in total. The summed E-state index contributed by atoms with van der Waals surface area (Å²) in [5.74, 6) is -1.20. The van der Waals surface area contributed by atoms with Crippen LogP contribution in [0.25, 0.3) is 5.65 Å². The minimum Gasteiger partial charge on any atom is -0.464 e. The van der Waals surface area contributed by atoms with Gasteiger partial charge in [-0.05, 0) is 0 Å². The molecule has 0 spiro atoms. The minimum absolute atomic E-state index is 0.0125. The van der Waals surface area contributed by atoms with Gasteiger partial charge in [0.15, 0.2) is 11.5 Å². The lowest BCUT2D eigenvalue weighted by molar-refractivity contribution is -0.383. The molecule has 2 rings (SSSR count). The molecule has 0 aliphatic rings. The molecule has 9 heteroatoms. The molecule has 98 valence electrons. The Morgan fingerprint density at radius 1 is 1.47 bits per heavy atom. The number of nitrogens with zero attached hydrogens (tertiary/aromatic N) is 4. The van der Waals surface area contributed by atoms with Crippen LogP contribution in [0.2, 0.25) is 0 Å². The molecule has 19 heavy (non-hydrogen) atoms. The summed E-state index contributed by atoms with van der Waals surface area (Å²) in [7, 11) is 1.15. The van der Waals surface area contributed by atoms with E-state index in [1.807, 2.05) is 0 Å². The van der Waals surface area contributed by atoms with Crippen LogP contribution < -0.4 is 0 Å². The van der Waals surface area contributed by atoms with Gasteiger partial charge in [0.05, 0.1) is 12.0 Å². The molecule has 0 saturated heterocycles. The zero-order valence-electron chi connectivity index (χ0n) is 9.98. The van der Waals surface area contributed by atoms with Gasteiger partial charge in [-0.2, -0.15) is 5.10 Å². The monoisotopic (exact) mass is 264 g/mol. The van der Waals surface area contributed by atoms with Crippen molar-refractivity contribution in [2.75, 3.05) is 7.11 Å². The van der Waals surface area contributed by atoms with Crippen molar-refractivity contribution in [1.29, 1.82) is 0 Å². The van der Waals surface area contributed by atoms with Crippen molar-refractivity contribution in [3.63, 3.8) is 0 Å². The van der Waals surface area contributed by atoms with Crippen LogP contribution in [0, 0.1) is 10.1 Å². The van der Waals surface area contributed by atoms with Crippen molar-refractivity contribution < 1.29 is 19.2 Å². The minimum atomic E-state index is -0.791. The number of methoxy groups -OCH3 is 1. The molecular weight excluding hydrogens is 256 g/mol. The van der Waals surface area contributed by atoms with Crippen molar-refractivity contribution in [1.82, 2.24) is 14.6 Å². The predicted molar refractivity (Wildman–Crippen MR) is 61.0 cm³/mol. The average molecular weight is 264 g/mol. The maximum Gasteiger partial charge on any atom is 0.356 e. The molecule has 0 bridgehead atoms. The Bertz CT molecular complexity index is 705. The highest BCUT2D eigenvalue weighted by atomic mass is 16.6. The van der Waals surface area contributed by atoms with Gasteiger partial charge in [-0.3, -0.25) is 14.9 Å². The third-order valence-corrected chi connectivity index (χ3v) is 2.41. The van der Waals surface area contributed by atoms with E-state index >= 15 is 0 Å². The summed E-state index contributed by atoms with van der Waals surface area (Å²) < 4.78 is 5.51. The van der Waals surface area contributed by atoms with Crippen LogP contribution >= 0.6 is 0 Å². The molecule has 2 aromatic heterocycles. The van der Waals surface area contributed by atoms with E-state index in [1.54, 1.807) is 0 Å². The quantitative estimate of drug-likeness (QED) is 0.345. The summed E-state index contributed by atoms with van der Waals surface area (Å²) in [5, 5.41) is 14.5. The van der Waals surface area contributed by atoms with Gasteiger partial charge in [0.25, 0.3) is 0 Å². The first kappa shape index (κ1) is 12.6. The summed E-state index contributed by atoms with van der Waals surface area (Å²) in [6.45, 7) is 1.25. The molecule has 0 N–H and O–H groups in total. The van der Waals surface area contributed by atoms with Gasteiger partial charge in [0, 0.05) is 13.0 Å². The van der Waals surface area contributed by atoms with Crippen LogP contribution in [0.1, 0.15) is 27.9 Å². The normalized spacial score (nSPS) is 10.4. The summed E-state index contributed by atoms with van der Waals surface area (Å²) in [6.07, 6.45) is 0.968. The number of Topliss-reactive ketones (excluding diaryl/α,β-unsaturated/α-hetero) is 1. The summed E-state index contributed by atoms with van der Waals surface area (Å²) >= 11 is 0. The first-order valence-corrected chi connectivity index (χ1v) is 5.08. The van der Waals surface area contributed by atoms with Gasteiger partial charge in [-0.1, -0.05) is 0 Å². The second kappa shape index (κ2) is 4.44. The second-order valence-electron chi connectivity index (χ2n) is 3.60. The zero-order valence-corrected chi connectivity index (χ0v) is 9.98. The van der Waals surface area contributed by atoms with E-state index in [-0.39, 0.29) is 17.0 Å². The Hall–Kier alpha value is -2.84. The Morgan fingerprint density at radius 2 is 2.16 bits per heavy atom. The van der Waals surface area contributed by atoms with Gasteiger partial charge in [0.1, 0.15) is 11.9 Å². The standard InChI is InChI=1S/C10H8N4O5/c1-5(15)7-3-6(10(16)19-2)12-9-8(14(17)18)4-11-13(7)9/h3-4H,1-2H3. The van der Waals surface area contributed by atoms with Crippen LogP contribution in [-0.2, 0) is 4.74 Å². The molecule has 0 unspecified atom stereocenters. The van der Waals surface area contributed by atoms with Crippen molar-refractivity contribution in [3.05, 3.63) is 33.8 Å². The van der Waals surface area contributed by atoms with Gasteiger partial charge < -0.3 is 4.74 Å². The molecule has 0 saturated carbocycles. The number of carbonyl (C=O) groups is 2. The Balaban J connectivity index is 2.82. The molecule has 0 aliphatic carbocycles. The van der Waals surface area contributed by atoms with Crippen LogP contribution in [-0.4, -0.2) is 38.4 Å². The molecule has 0 atom stereocenters. The van der Waals surface area contributed by atoms with Crippen LogP contribution in [0.15, 0.2) is 12.3 Å². The molecule has 2 aromatic rings. The number of hydrogen-bond donors (Lipinski definition) is 0. The maximum absolute atomic E-state index is 11.5. The van der Waals surface area contributed by atoms with Crippen molar-refractivity contribution >= 4 is 23.1 Å². The number of hydrogen-bond acceptors (Lipinski definition) is 7. The van der Waals surface area contributed by atoms with Crippen LogP contribution in [0.5, 0.6) is 0 Å². The number of nitro groups is 1. The van der Waals surface area contributed by atoms with Crippen molar-refractivity contribution in [3.8, 4) is 0 Å². The lowest BCUT2D eigenvalue weighted by Gasteiger charge is -2.03. The second-order valence-corrected chi connectivity index (χ2v) is 3.60. The van der Waals surface area contributed by atoms with Crippen molar-refractivity contribution in [2.45, 2.75) is 6.92 Å². The predicted octanol–water partition coefficient (Wildman–Crippen LogP) is 0.627. The molecular formula is C10H8N4O5. The molecule has 0 amide bonds. The fourth-order valence-corrected chi connectivity index (χ4v) is 1.54. The number of ether oxygens (including phenoxy) is 1. The highest BCUT2D eigenvalue weighted by molar-refractivity contribution is 5.96. The van der Waals surface area contributed by atoms with E-state index in [1.165, 1.54) is 13.0 Å². The number of ketones is 1. The molecule has 0 fully saturated rings. The van der Waals surface area contributed by atoms with Gasteiger partial charge in [-0.25, -0.2) is 14.3 Å². The van der Waals surface area contributed by atoms with Crippen LogP contribution in [0.4, 0.5) is 5.69 Å². The Kier molecular flexibility index (Phi) is 2.95. The highest BCUT2D eigenvalue weighted by Crippen LogP contribution is 2.19. The molecule has 2 heterocycles. The Labute approximate surface area is 106 Å². The number of aromatic nitrogens is 3. The third-order valence-electron chi connectivity index (χ3n) is 2.41. The largest absolute Gasteiger partial charge is 0.464 e. The van der Waals surface area contributed by atoms with E-state index in [0.29, 0.717) is 0 Å². The smallest absolute Gasteiger partial charge is 0.356 e. The fraction of sp³-hybridized carbons (Fsp3) is 0.200. The first-order chi connectivity index (χ1) is 8.95. The lowest BCUT2D eigenvalue weighted by Crippen LogP contribution is -2.12. The summed E-state index contributed by atoms with van der Waals surface area (Å²) in [6, 6.07) is 1.18. The van der Waals surface area contributed by atoms with E-state index in [2.05, 4.69) is 14.8 Å². The average Bonchev–Trinajstić information content (AvgIpc) is 2.79. The van der Waals surface area contributed by atoms with Gasteiger partial charge in [0.2, 0.25) is 5.65 Å². The zero-order chi connectivity index (χ0) is 14.2. The van der Waals surface area contributed by atoms with E-state index in [9.17, 15) is 19.7 Å². The number of esters is 1. The van der Waals surface area contributed by atoms with E-state index in [4.69, 9.17) is 0 Å². The highest BCUT2D eigenvalue weighted by Gasteiger charge is 2.23. The SMILES string of the molecule is COC(=O)c1cc(C(C)=O)n2ncc([N+](=O)[O-])c2n1. The maximum atomic E-state index is 11.5. The number of carbonyl (C=O) groups excluding carboxylic acids is 2. The fourth-order valence-electron chi connectivity index (χ4n) is 1.54.